The van der Waals surface area contributed by atoms with Gasteiger partial charge in [-0.25, -0.2) is 0 Å². The second kappa shape index (κ2) is 7.22. The van der Waals surface area contributed by atoms with Crippen LogP contribution in [0, 0.1) is 5.92 Å². The predicted molar refractivity (Wildman–Crippen MR) is 78.6 cm³/mol. The zero-order chi connectivity index (χ0) is 15.4. The maximum absolute atomic E-state index is 12.4. The number of rotatable bonds is 5. The Kier molecular flexibility index (Phi) is 5.58. The minimum atomic E-state index is -2.57. The molecule has 1 aromatic rings. The fraction of sp³-hybridized carbons (Fsp3) is 0.538. The fourth-order valence-corrected chi connectivity index (χ4v) is 4.13. The summed E-state index contributed by atoms with van der Waals surface area (Å²) >= 11 is 1.47. The number of alkyl halides is 2. The standard InChI is InChI=1S/C13H16F2N2O2S2/c14-13(15)21-9-5-6-20-10(9)12(19)17-8-4-2-1-3-7(8)11(16)18/h5-8,13H,1-4H2,(H2,16,18)(H,17,19)/t7-,8+/m0/s1. The van der Waals surface area contributed by atoms with Crippen molar-refractivity contribution in [3.8, 4) is 0 Å². The highest BCUT2D eigenvalue weighted by atomic mass is 32.2. The van der Waals surface area contributed by atoms with Crippen LogP contribution < -0.4 is 11.1 Å². The summed E-state index contributed by atoms with van der Waals surface area (Å²) in [6.07, 6.45) is 3.16. The van der Waals surface area contributed by atoms with Crippen LogP contribution in [0.25, 0.3) is 0 Å². The molecule has 3 N–H and O–H groups in total. The Morgan fingerprint density at radius 3 is 2.76 bits per heavy atom. The van der Waals surface area contributed by atoms with Crippen molar-refractivity contribution in [1.82, 2.24) is 5.32 Å². The smallest absolute Gasteiger partial charge is 0.288 e. The first-order valence-electron chi connectivity index (χ1n) is 6.61. The van der Waals surface area contributed by atoms with E-state index in [0.29, 0.717) is 24.6 Å². The molecule has 2 atom stereocenters. The Labute approximate surface area is 129 Å². The van der Waals surface area contributed by atoms with Crippen LogP contribution >= 0.6 is 23.1 Å². The molecule has 0 aliphatic heterocycles. The van der Waals surface area contributed by atoms with Crippen molar-refractivity contribution in [2.24, 2.45) is 11.7 Å². The lowest BCUT2D eigenvalue weighted by Crippen LogP contribution is -2.47. The maximum Gasteiger partial charge on any atom is 0.288 e. The highest BCUT2D eigenvalue weighted by molar-refractivity contribution is 7.99. The van der Waals surface area contributed by atoms with Crippen LogP contribution in [0.3, 0.4) is 0 Å². The summed E-state index contributed by atoms with van der Waals surface area (Å²) in [4.78, 5) is 24.2. The number of halogens is 2. The van der Waals surface area contributed by atoms with E-state index < -0.39 is 17.6 Å². The minimum Gasteiger partial charge on any atom is -0.369 e. The monoisotopic (exact) mass is 334 g/mol. The second-order valence-electron chi connectivity index (χ2n) is 4.87. The third-order valence-electron chi connectivity index (χ3n) is 3.50. The highest BCUT2D eigenvalue weighted by Gasteiger charge is 2.31. The van der Waals surface area contributed by atoms with E-state index in [4.69, 9.17) is 5.73 Å². The third-order valence-corrected chi connectivity index (χ3v) is 5.31. The lowest BCUT2D eigenvalue weighted by molar-refractivity contribution is -0.123. The molecular formula is C13H16F2N2O2S2. The minimum absolute atomic E-state index is 0.258. The molecule has 1 saturated carbocycles. The molecule has 116 valence electrons. The number of carbonyl (C=O) groups excluding carboxylic acids is 2. The number of amides is 2. The Bertz CT molecular complexity index is 522. The summed E-state index contributed by atoms with van der Waals surface area (Å²) in [5, 5.41) is 4.38. The van der Waals surface area contributed by atoms with Crippen LogP contribution in [0.15, 0.2) is 16.3 Å². The summed E-state index contributed by atoms with van der Waals surface area (Å²) in [5.41, 5.74) is 5.36. The number of nitrogens with two attached hydrogens (primary N) is 1. The van der Waals surface area contributed by atoms with Gasteiger partial charge in [-0.1, -0.05) is 24.6 Å². The maximum atomic E-state index is 12.4. The second-order valence-corrected chi connectivity index (χ2v) is 6.81. The topological polar surface area (TPSA) is 72.2 Å². The lowest BCUT2D eigenvalue weighted by atomic mass is 9.84. The summed E-state index contributed by atoms with van der Waals surface area (Å²) in [6.45, 7) is 0. The quantitative estimate of drug-likeness (QED) is 0.813. The fourth-order valence-electron chi connectivity index (χ4n) is 2.53. The van der Waals surface area contributed by atoms with Crippen molar-refractivity contribution in [1.29, 1.82) is 0 Å². The predicted octanol–water partition coefficient (Wildman–Crippen LogP) is 2.84. The molecule has 2 amide bonds. The van der Waals surface area contributed by atoms with Gasteiger partial charge in [-0.05, 0) is 24.3 Å². The molecule has 0 aromatic carbocycles. The summed E-state index contributed by atoms with van der Waals surface area (Å²) in [6, 6.07) is 1.19. The van der Waals surface area contributed by atoms with Gasteiger partial charge in [0.1, 0.15) is 4.88 Å². The van der Waals surface area contributed by atoms with Crippen molar-refractivity contribution < 1.29 is 18.4 Å². The van der Waals surface area contributed by atoms with Gasteiger partial charge < -0.3 is 11.1 Å². The molecule has 4 nitrogen and oxygen atoms in total. The molecule has 1 aliphatic carbocycles. The van der Waals surface area contributed by atoms with Gasteiger partial charge in [-0.3, -0.25) is 9.59 Å². The van der Waals surface area contributed by atoms with Crippen molar-refractivity contribution in [2.75, 3.05) is 0 Å². The zero-order valence-corrected chi connectivity index (χ0v) is 12.8. The van der Waals surface area contributed by atoms with Crippen molar-refractivity contribution in [3.63, 3.8) is 0 Å². The van der Waals surface area contributed by atoms with Gasteiger partial charge in [0.05, 0.1) is 5.92 Å². The van der Waals surface area contributed by atoms with Gasteiger partial charge in [-0.15, -0.1) is 11.3 Å². The van der Waals surface area contributed by atoms with Crippen molar-refractivity contribution in [2.45, 2.75) is 42.4 Å². The number of thioether (sulfide) groups is 1. The van der Waals surface area contributed by atoms with Gasteiger partial charge in [0.15, 0.2) is 0 Å². The molecule has 0 spiro atoms. The molecule has 0 radical (unpaired) electrons. The molecule has 0 bridgehead atoms. The van der Waals surface area contributed by atoms with Crippen LogP contribution in [0.2, 0.25) is 0 Å². The van der Waals surface area contributed by atoms with Crippen molar-refractivity contribution >= 4 is 34.9 Å². The Morgan fingerprint density at radius 2 is 2.10 bits per heavy atom. The molecule has 21 heavy (non-hydrogen) atoms. The number of nitrogens with one attached hydrogen (secondary N) is 1. The number of hydrogen-bond acceptors (Lipinski definition) is 4. The Balaban J connectivity index is 2.06. The van der Waals surface area contributed by atoms with Gasteiger partial charge in [0.2, 0.25) is 5.91 Å². The van der Waals surface area contributed by atoms with Crippen molar-refractivity contribution in [3.05, 3.63) is 16.3 Å². The van der Waals surface area contributed by atoms with Crippen LogP contribution in [0.5, 0.6) is 0 Å². The van der Waals surface area contributed by atoms with Gasteiger partial charge >= 0.3 is 0 Å². The summed E-state index contributed by atoms with van der Waals surface area (Å²) < 4.78 is 24.9. The molecule has 1 aliphatic rings. The largest absolute Gasteiger partial charge is 0.369 e. The first-order chi connectivity index (χ1) is 9.99. The number of primary amides is 1. The summed E-state index contributed by atoms with van der Waals surface area (Å²) in [5.74, 6) is -3.78. The highest BCUT2D eigenvalue weighted by Crippen LogP contribution is 2.32. The SMILES string of the molecule is NC(=O)[C@H]1CCCC[C@H]1NC(=O)c1sccc1SC(F)F. The Morgan fingerprint density at radius 1 is 1.38 bits per heavy atom. The van der Waals surface area contributed by atoms with Gasteiger partial charge in [0.25, 0.3) is 11.7 Å². The van der Waals surface area contributed by atoms with Gasteiger partial charge in [-0.2, -0.15) is 8.78 Å². The number of carbonyl (C=O) groups is 2. The van der Waals surface area contributed by atoms with E-state index in [0.717, 1.165) is 24.2 Å². The van der Waals surface area contributed by atoms with E-state index in [2.05, 4.69) is 5.32 Å². The molecule has 1 aromatic heterocycles. The number of hydrogen-bond donors (Lipinski definition) is 2. The molecule has 1 fully saturated rings. The van der Waals surface area contributed by atoms with E-state index in [1.54, 1.807) is 5.38 Å². The van der Waals surface area contributed by atoms with Crippen LogP contribution in [0.1, 0.15) is 35.4 Å². The van der Waals surface area contributed by atoms with Crippen LogP contribution in [-0.2, 0) is 4.79 Å². The van der Waals surface area contributed by atoms with E-state index in [1.165, 1.54) is 6.07 Å². The average Bonchev–Trinajstić information content (AvgIpc) is 2.86. The van der Waals surface area contributed by atoms with E-state index in [1.807, 2.05) is 0 Å². The molecule has 8 heteroatoms. The van der Waals surface area contributed by atoms with E-state index >= 15 is 0 Å². The molecule has 2 rings (SSSR count). The van der Waals surface area contributed by atoms with E-state index in [9.17, 15) is 18.4 Å². The average molecular weight is 334 g/mol. The first-order valence-corrected chi connectivity index (χ1v) is 8.37. The molecular weight excluding hydrogens is 318 g/mol. The van der Waals surface area contributed by atoms with Crippen LogP contribution in [-0.4, -0.2) is 23.6 Å². The summed E-state index contributed by atoms with van der Waals surface area (Å²) in [7, 11) is 0. The number of thiophene rings is 1. The molecule has 0 saturated heterocycles. The first kappa shape index (κ1) is 16.2. The molecule has 1 heterocycles. The Hall–Kier alpha value is -1.15. The molecule has 0 unspecified atom stereocenters. The third kappa shape index (κ3) is 4.16. The van der Waals surface area contributed by atoms with Crippen LogP contribution in [0.4, 0.5) is 8.78 Å². The zero-order valence-electron chi connectivity index (χ0n) is 11.2. The lowest BCUT2D eigenvalue weighted by Gasteiger charge is -2.29. The van der Waals surface area contributed by atoms with E-state index in [-0.39, 0.29) is 21.7 Å². The normalized spacial score (nSPS) is 22.2. The van der Waals surface area contributed by atoms with Gasteiger partial charge in [0, 0.05) is 10.9 Å².